The van der Waals surface area contributed by atoms with E-state index >= 15 is 0 Å². The van der Waals surface area contributed by atoms with Crippen LogP contribution in [0.2, 0.25) is 0 Å². The molecule has 0 spiro atoms. The van der Waals surface area contributed by atoms with Gasteiger partial charge in [-0.2, -0.15) is 0 Å². The van der Waals surface area contributed by atoms with Crippen LogP contribution < -0.4 is 0 Å². The number of amides is 1. The molecule has 1 aromatic rings. The number of aliphatic imine (C=N–C) groups is 1. The molecule has 2 atom stereocenters. The Morgan fingerprint density at radius 3 is 2.96 bits per heavy atom. The van der Waals surface area contributed by atoms with E-state index in [9.17, 15) is 4.79 Å². The molecule has 4 heterocycles. The fraction of sp³-hybridized carbons (Fsp3) is 0.579. The molecule has 1 aliphatic carbocycles. The second kappa shape index (κ2) is 7.02. The van der Waals surface area contributed by atoms with Gasteiger partial charge in [-0.05, 0) is 25.0 Å². The molecular weight excluding hydrogens is 366 g/mol. The van der Waals surface area contributed by atoms with Crippen molar-refractivity contribution in [2.75, 3.05) is 26.3 Å². The lowest BCUT2D eigenvalue weighted by Gasteiger charge is -2.31. The summed E-state index contributed by atoms with van der Waals surface area (Å²) in [5.41, 5.74) is 1.29. The molecule has 0 unspecified atom stereocenters. The number of amidine groups is 1. The molecule has 0 radical (unpaired) electrons. The van der Waals surface area contributed by atoms with E-state index in [1.54, 1.807) is 23.1 Å². The number of fused-ring (bicyclic) bond motifs is 3. The number of carbonyl (C=O) groups is 1. The summed E-state index contributed by atoms with van der Waals surface area (Å²) in [5.74, 6) is 0.215. The molecular formula is C19H23N3O2S2. The molecule has 1 saturated heterocycles. The van der Waals surface area contributed by atoms with Crippen LogP contribution in [0, 0.1) is 0 Å². The van der Waals surface area contributed by atoms with Gasteiger partial charge in [0.2, 0.25) is 5.91 Å². The molecule has 0 N–H and O–H groups in total. The Morgan fingerprint density at radius 2 is 2.08 bits per heavy atom. The molecule has 1 saturated carbocycles. The summed E-state index contributed by atoms with van der Waals surface area (Å²) in [6, 6.07) is 5.32. The van der Waals surface area contributed by atoms with Crippen molar-refractivity contribution in [3.05, 3.63) is 27.3 Å². The Bertz CT molecular complexity index is 767. The normalized spacial score (nSPS) is 27.8. The Kier molecular flexibility index (Phi) is 4.54. The standard InChI is InChI=1S/C19H23N3O2S2/c23-18(21-7-9-24-10-8-21)11-13-5-6-17(26-13)16-12-25-19-20-14-3-1-2-4-15(14)22(16)19/h5-6,12,14-15H,1-4,7-11H2/t14-,15+/m1/s1. The second-order valence-electron chi connectivity index (χ2n) is 7.26. The van der Waals surface area contributed by atoms with Gasteiger partial charge in [0.25, 0.3) is 0 Å². The highest BCUT2D eigenvalue weighted by molar-refractivity contribution is 8.16. The number of thiophene rings is 1. The van der Waals surface area contributed by atoms with Crippen molar-refractivity contribution in [1.29, 1.82) is 0 Å². The third-order valence-electron chi connectivity index (χ3n) is 5.65. The van der Waals surface area contributed by atoms with Crippen molar-refractivity contribution in [1.82, 2.24) is 9.80 Å². The fourth-order valence-corrected chi connectivity index (χ4v) is 6.37. The number of morpholine rings is 1. The monoisotopic (exact) mass is 389 g/mol. The lowest BCUT2D eigenvalue weighted by atomic mass is 9.90. The minimum Gasteiger partial charge on any atom is -0.378 e. The van der Waals surface area contributed by atoms with Gasteiger partial charge in [-0.15, -0.1) is 11.3 Å². The molecule has 1 aromatic heterocycles. The zero-order chi connectivity index (χ0) is 17.5. The predicted octanol–water partition coefficient (Wildman–Crippen LogP) is 3.18. The topological polar surface area (TPSA) is 45.1 Å². The average molecular weight is 390 g/mol. The van der Waals surface area contributed by atoms with Gasteiger partial charge in [0.05, 0.1) is 42.3 Å². The van der Waals surface area contributed by atoms with Crippen LogP contribution in [0.5, 0.6) is 0 Å². The smallest absolute Gasteiger partial charge is 0.227 e. The Labute approximate surface area is 162 Å². The number of carbonyl (C=O) groups excluding carboxylic acids is 1. The number of rotatable bonds is 3. The molecule has 3 aliphatic heterocycles. The second-order valence-corrected chi connectivity index (χ2v) is 9.26. The number of hydrogen-bond acceptors (Lipinski definition) is 6. The van der Waals surface area contributed by atoms with Gasteiger partial charge in [-0.25, -0.2) is 0 Å². The summed E-state index contributed by atoms with van der Waals surface area (Å²) in [4.78, 5) is 24.2. The van der Waals surface area contributed by atoms with Crippen molar-refractivity contribution < 1.29 is 9.53 Å². The third-order valence-corrected chi connectivity index (χ3v) is 7.61. The lowest BCUT2D eigenvalue weighted by molar-refractivity contribution is -0.134. The molecule has 4 aliphatic rings. The van der Waals surface area contributed by atoms with Gasteiger partial charge < -0.3 is 14.5 Å². The molecule has 2 fully saturated rings. The first-order valence-corrected chi connectivity index (χ1v) is 11.2. The highest BCUT2D eigenvalue weighted by Gasteiger charge is 2.42. The van der Waals surface area contributed by atoms with Crippen LogP contribution in [0.1, 0.15) is 35.4 Å². The number of ether oxygens (including phenoxy) is 1. The number of nitrogens with zero attached hydrogens (tertiary/aromatic N) is 3. The lowest BCUT2D eigenvalue weighted by Crippen LogP contribution is -2.41. The van der Waals surface area contributed by atoms with Gasteiger partial charge >= 0.3 is 0 Å². The summed E-state index contributed by atoms with van der Waals surface area (Å²) in [6.45, 7) is 2.75. The van der Waals surface area contributed by atoms with Crippen molar-refractivity contribution in [2.45, 2.75) is 44.2 Å². The Balaban J connectivity index is 1.29. The van der Waals surface area contributed by atoms with Gasteiger partial charge in [-0.1, -0.05) is 24.6 Å². The Hall–Kier alpha value is -1.31. The van der Waals surface area contributed by atoms with E-state index in [0.717, 1.165) is 18.0 Å². The Morgan fingerprint density at radius 1 is 1.23 bits per heavy atom. The van der Waals surface area contributed by atoms with Crippen LogP contribution in [-0.2, 0) is 16.0 Å². The van der Waals surface area contributed by atoms with Crippen molar-refractivity contribution >= 4 is 39.9 Å². The fourth-order valence-electron chi connectivity index (χ4n) is 4.28. The van der Waals surface area contributed by atoms with Gasteiger partial charge in [0.1, 0.15) is 0 Å². The van der Waals surface area contributed by atoms with Gasteiger partial charge in [0.15, 0.2) is 5.17 Å². The summed E-state index contributed by atoms with van der Waals surface area (Å²) in [6.07, 6.45) is 5.58. The number of thioether (sulfide) groups is 1. The molecule has 0 aromatic carbocycles. The zero-order valence-corrected chi connectivity index (χ0v) is 16.4. The molecule has 5 rings (SSSR count). The quantitative estimate of drug-likeness (QED) is 0.797. The van der Waals surface area contributed by atoms with Crippen molar-refractivity contribution in [3.8, 4) is 0 Å². The highest BCUT2D eigenvalue weighted by Crippen LogP contribution is 2.45. The van der Waals surface area contributed by atoms with E-state index in [2.05, 4.69) is 22.4 Å². The van der Waals surface area contributed by atoms with E-state index in [4.69, 9.17) is 9.73 Å². The van der Waals surface area contributed by atoms with E-state index in [-0.39, 0.29) is 5.91 Å². The van der Waals surface area contributed by atoms with Crippen LogP contribution >= 0.6 is 23.1 Å². The molecule has 138 valence electrons. The maximum absolute atomic E-state index is 12.5. The summed E-state index contributed by atoms with van der Waals surface area (Å²) in [7, 11) is 0. The summed E-state index contributed by atoms with van der Waals surface area (Å²) in [5, 5.41) is 3.42. The number of hydrogen-bond donors (Lipinski definition) is 0. The largest absolute Gasteiger partial charge is 0.378 e. The van der Waals surface area contributed by atoms with E-state index in [0.29, 0.717) is 31.7 Å². The first-order chi connectivity index (χ1) is 12.8. The SMILES string of the molecule is O=C(Cc1ccc(C2=CSC3=N[C@@H]4CCCC[C@@H]4N23)s1)N1CCOCC1. The van der Waals surface area contributed by atoms with Gasteiger partial charge in [0, 0.05) is 23.4 Å². The van der Waals surface area contributed by atoms with Crippen LogP contribution in [0.25, 0.3) is 5.70 Å². The molecule has 26 heavy (non-hydrogen) atoms. The minimum absolute atomic E-state index is 0.215. The highest BCUT2D eigenvalue weighted by atomic mass is 32.2. The van der Waals surface area contributed by atoms with Gasteiger partial charge in [-0.3, -0.25) is 9.79 Å². The molecule has 7 heteroatoms. The molecule has 0 bridgehead atoms. The summed E-state index contributed by atoms with van der Waals surface area (Å²) < 4.78 is 5.34. The minimum atomic E-state index is 0.215. The van der Waals surface area contributed by atoms with Crippen LogP contribution in [0.4, 0.5) is 0 Å². The van der Waals surface area contributed by atoms with E-state index < -0.39 is 0 Å². The maximum Gasteiger partial charge on any atom is 0.227 e. The van der Waals surface area contributed by atoms with Crippen molar-refractivity contribution in [3.63, 3.8) is 0 Å². The first kappa shape index (κ1) is 16.8. The zero-order valence-electron chi connectivity index (χ0n) is 14.7. The average Bonchev–Trinajstić information content (AvgIpc) is 3.37. The maximum atomic E-state index is 12.5. The first-order valence-electron chi connectivity index (χ1n) is 9.48. The van der Waals surface area contributed by atoms with E-state index in [1.165, 1.54) is 41.4 Å². The molecule has 1 amide bonds. The van der Waals surface area contributed by atoms with E-state index in [1.807, 2.05) is 4.90 Å². The predicted molar refractivity (Wildman–Crippen MR) is 106 cm³/mol. The van der Waals surface area contributed by atoms with Crippen LogP contribution in [0.3, 0.4) is 0 Å². The third kappa shape index (κ3) is 3.00. The van der Waals surface area contributed by atoms with Crippen LogP contribution in [-0.4, -0.2) is 59.3 Å². The van der Waals surface area contributed by atoms with Crippen LogP contribution in [0.15, 0.2) is 22.5 Å². The van der Waals surface area contributed by atoms with Crippen molar-refractivity contribution in [2.24, 2.45) is 4.99 Å². The molecule has 5 nitrogen and oxygen atoms in total. The summed E-state index contributed by atoms with van der Waals surface area (Å²) >= 11 is 3.51.